The zero-order valence-corrected chi connectivity index (χ0v) is 15.7. The van der Waals surface area contributed by atoms with Crippen molar-refractivity contribution in [2.75, 3.05) is 6.54 Å². The summed E-state index contributed by atoms with van der Waals surface area (Å²) in [6.07, 6.45) is 4.43. The highest BCUT2D eigenvalue weighted by molar-refractivity contribution is 7.86. The average Bonchev–Trinajstić information content (AvgIpc) is 2.88. The van der Waals surface area contributed by atoms with Gasteiger partial charge < -0.3 is 4.74 Å². The molecule has 0 saturated carbocycles. The molecule has 1 amide bonds. The van der Waals surface area contributed by atoms with E-state index in [4.69, 9.17) is 15.3 Å². The molecule has 1 fully saturated rings. The van der Waals surface area contributed by atoms with Gasteiger partial charge in [0, 0.05) is 6.42 Å². The molecule has 0 spiro atoms. The number of aryl methyl sites for hydroxylation is 1. The third-order valence-corrected chi connectivity index (χ3v) is 5.03. The van der Waals surface area contributed by atoms with Crippen LogP contribution < -0.4 is 0 Å². The van der Waals surface area contributed by atoms with Crippen LogP contribution in [0.15, 0.2) is 29.2 Å². The fraction of sp³-hybridized carbons (Fsp3) is 0.500. The number of carbonyl (C=O) groups excluding carboxylic acids is 1. The number of amides is 1. The number of rotatable bonds is 3. The van der Waals surface area contributed by atoms with Crippen LogP contribution in [0.1, 0.15) is 32.8 Å². The van der Waals surface area contributed by atoms with Crippen molar-refractivity contribution in [1.29, 1.82) is 0 Å². The van der Waals surface area contributed by atoms with Gasteiger partial charge in [-0.15, -0.1) is 6.42 Å². The quantitative estimate of drug-likeness (QED) is 0.608. The highest BCUT2D eigenvalue weighted by atomic mass is 32.2. The highest BCUT2D eigenvalue weighted by Gasteiger charge is 2.39. The van der Waals surface area contributed by atoms with E-state index in [0.717, 1.165) is 5.56 Å². The van der Waals surface area contributed by atoms with Crippen molar-refractivity contribution in [3.63, 3.8) is 0 Å². The Bertz CT molecular complexity index is 771. The molecule has 0 N–H and O–H groups in total. The summed E-state index contributed by atoms with van der Waals surface area (Å²) in [6.45, 7) is 7.18. The average molecular weight is 365 g/mol. The Balaban J connectivity index is 2.10. The van der Waals surface area contributed by atoms with Gasteiger partial charge in [0.2, 0.25) is 0 Å². The normalized spacial score (nSPS) is 21.0. The number of likely N-dealkylation sites (tertiary alicyclic amines) is 1. The zero-order valence-electron chi connectivity index (χ0n) is 14.9. The van der Waals surface area contributed by atoms with Gasteiger partial charge in [-0.3, -0.25) is 9.08 Å². The molecule has 25 heavy (non-hydrogen) atoms. The number of hydrogen-bond acceptors (Lipinski definition) is 5. The lowest BCUT2D eigenvalue weighted by atomic mass is 10.2. The number of hydrogen-bond donors (Lipinski definition) is 0. The minimum Gasteiger partial charge on any atom is -0.444 e. The van der Waals surface area contributed by atoms with Gasteiger partial charge in [-0.25, -0.2) is 4.79 Å². The number of terminal acetylenes is 1. The van der Waals surface area contributed by atoms with Gasteiger partial charge in [-0.05, 0) is 39.8 Å². The lowest BCUT2D eigenvalue weighted by molar-refractivity contribution is 0.0245. The third-order valence-electron chi connectivity index (χ3n) is 3.66. The largest absolute Gasteiger partial charge is 0.444 e. The van der Waals surface area contributed by atoms with E-state index in [9.17, 15) is 13.2 Å². The smallest absolute Gasteiger partial charge is 0.411 e. The van der Waals surface area contributed by atoms with Crippen LogP contribution in [0.25, 0.3) is 0 Å². The Hall–Kier alpha value is -2.04. The first-order valence-corrected chi connectivity index (χ1v) is 9.38. The van der Waals surface area contributed by atoms with Crippen LogP contribution in [0.2, 0.25) is 0 Å². The van der Waals surface area contributed by atoms with Crippen LogP contribution in [0.3, 0.4) is 0 Å². The number of benzene rings is 1. The van der Waals surface area contributed by atoms with E-state index in [1.807, 2.05) is 6.92 Å². The van der Waals surface area contributed by atoms with E-state index in [1.165, 1.54) is 17.0 Å². The first-order valence-electron chi connectivity index (χ1n) is 7.97. The maximum atomic E-state index is 12.4. The van der Waals surface area contributed by atoms with Gasteiger partial charge >= 0.3 is 6.09 Å². The Morgan fingerprint density at radius 1 is 1.28 bits per heavy atom. The van der Waals surface area contributed by atoms with Crippen molar-refractivity contribution in [3.8, 4) is 12.3 Å². The van der Waals surface area contributed by atoms with E-state index in [0.29, 0.717) is 0 Å². The summed E-state index contributed by atoms with van der Waals surface area (Å²) in [5.41, 5.74) is 0.284. The van der Waals surface area contributed by atoms with Gasteiger partial charge in [-0.1, -0.05) is 23.6 Å². The molecule has 1 heterocycles. The summed E-state index contributed by atoms with van der Waals surface area (Å²) in [4.78, 5) is 13.7. The second kappa shape index (κ2) is 7.06. The van der Waals surface area contributed by atoms with Crippen molar-refractivity contribution in [2.24, 2.45) is 0 Å². The van der Waals surface area contributed by atoms with E-state index >= 15 is 0 Å². The van der Waals surface area contributed by atoms with Gasteiger partial charge in [0.05, 0.1) is 23.6 Å². The molecule has 1 aromatic carbocycles. The molecular formula is C18H23NO5S. The lowest BCUT2D eigenvalue weighted by Crippen LogP contribution is -2.39. The van der Waals surface area contributed by atoms with Crippen molar-refractivity contribution in [2.45, 2.75) is 56.8 Å². The first kappa shape index (κ1) is 19.3. The fourth-order valence-electron chi connectivity index (χ4n) is 2.49. The molecule has 0 aliphatic carbocycles. The van der Waals surface area contributed by atoms with Crippen molar-refractivity contribution in [1.82, 2.24) is 4.90 Å². The number of carbonyl (C=O) groups is 1. The van der Waals surface area contributed by atoms with Gasteiger partial charge in [-0.2, -0.15) is 8.42 Å². The minimum atomic E-state index is -3.92. The van der Waals surface area contributed by atoms with Gasteiger partial charge in [0.1, 0.15) is 5.60 Å². The molecule has 1 aliphatic rings. The molecule has 7 heteroatoms. The topological polar surface area (TPSA) is 72.9 Å². The lowest BCUT2D eigenvalue weighted by Gasteiger charge is -2.26. The molecule has 6 nitrogen and oxygen atoms in total. The molecule has 2 atom stereocenters. The Morgan fingerprint density at radius 2 is 1.88 bits per heavy atom. The molecule has 0 radical (unpaired) electrons. The third kappa shape index (κ3) is 4.97. The second-order valence-electron chi connectivity index (χ2n) is 7.04. The molecule has 0 aromatic heterocycles. The summed E-state index contributed by atoms with van der Waals surface area (Å²) in [5, 5.41) is 0. The molecule has 1 aromatic rings. The van der Waals surface area contributed by atoms with Crippen LogP contribution in [0.5, 0.6) is 0 Å². The fourth-order valence-corrected chi connectivity index (χ4v) is 3.57. The van der Waals surface area contributed by atoms with E-state index in [2.05, 4.69) is 5.92 Å². The Morgan fingerprint density at radius 3 is 2.40 bits per heavy atom. The summed E-state index contributed by atoms with van der Waals surface area (Å²) >= 11 is 0. The molecule has 1 saturated heterocycles. The molecular weight excluding hydrogens is 342 g/mol. The van der Waals surface area contributed by atoms with Gasteiger partial charge in [0.15, 0.2) is 0 Å². The summed E-state index contributed by atoms with van der Waals surface area (Å²) in [7, 11) is -3.92. The predicted molar refractivity (Wildman–Crippen MR) is 93.4 cm³/mol. The van der Waals surface area contributed by atoms with Crippen molar-refractivity contribution in [3.05, 3.63) is 29.8 Å². The van der Waals surface area contributed by atoms with Crippen molar-refractivity contribution >= 4 is 16.2 Å². The summed E-state index contributed by atoms with van der Waals surface area (Å²) in [5.74, 6) is 2.49. The van der Waals surface area contributed by atoms with E-state index < -0.39 is 34.0 Å². The summed E-state index contributed by atoms with van der Waals surface area (Å²) in [6, 6.07) is 5.81. The monoisotopic (exact) mass is 365 g/mol. The maximum Gasteiger partial charge on any atom is 0.411 e. The van der Waals surface area contributed by atoms with Crippen LogP contribution in [0.4, 0.5) is 4.79 Å². The molecule has 136 valence electrons. The minimum absolute atomic E-state index is 0.0644. The second-order valence-corrected chi connectivity index (χ2v) is 8.61. The molecule has 0 bridgehead atoms. The van der Waals surface area contributed by atoms with Crippen molar-refractivity contribution < 1.29 is 22.1 Å². The zero-order chi connectivity index (χ0) is 18.8. The molecule has 1 unspecified atom stereocenters. The van der Waals surface area contributed by atoms with Gasteiger partial charge in [0.25, 0.3) is 10.1 Å². The first-order chi connectivity index (χ1) is 11.5. The van der Waals surface area contributed by atoms with Crippen LogP contribution in [-0.2, 0) is 19.0 Å². The molecule has 1 aliphatic heterocycles. The van der Waals surface area contributed by atoms with Crippen LogP contribution in [0, 0.1) is 19.3 Å². The predicted octanol–water partition coefficient (Wildman–Crippen LogP) is 2.71. The highest BCUT2D eigenvalue weighted by Crippen LogP contribution is 2.26. The van der Waals surface area contributed by atoms with Crippen LogP contribution >= 0.6 is 0 Å². The Labute approximate surface area is 149 Å². The van der Waals surface area contributed by atoms with E-state index in [-0.39, 0.29) is 17.9 Å². The SMILES string of the molecule is C#C[C@@H]1CC(OS(=O)(=O)c2ccc(C)cc2)CN1C(=O)OC(C)(C)C. The summed E-state index contributed by atoms with van der Waals surface area (Å²) < 4.78 is 35.4. The standard InChI is InChI=1S/C18H23NO5S/c1-6-14-11-15(12-19(14)17(20)23-18(3,4)5)24-25(21,22)16-9-7-13(2)8-10-16/h1,7-10,14-15H,11-12H2,2-5H3/t14-,15?/m1/s1. The molecule has 2 rings (SSSR count). The Kier molecular flexibility index (Phi) is 5.45. The number of nitrogens with zero attached hydrogens (tertiary/aromatic N) is 1. The van der Waals surface area contributed by atoms with Crippen LogP contribution in [-0.4, -0.2) is 43.7 Å². The van der Waals surface area contributed by atoms with E-state index in [1.54, 1.807) is 32.9 Å². The number of ether oxygens (including phenoxy) is 1. The maximum absolute atomic E-state index is 12.4.